The molecule has 1 aliphatic rings. The number of thioether (sulfide) groups is 1. The molecule has 2 aromatic carbocycles. The number of hydrogen-bond donors (Lipinski definition) is 1. The van der Waals surface area contributed by atoms with Crippen molar-refractivity contribution in [2.45, 2.75) is 42.9 Å². The van der Waals surface area contributed by atoms with Crippen molar-refractivity contribution in [3.8, 4) is 0 Å². The molecule has 1 saturated heterocycles. The number of benzene rings is 2. The van der Waals surface area contributed by atoms with Crippen LogP contribution in [-0.4, -0.2) is 47.7 Å². The maximum absolute atomic E-state index is 12.9. The van der Waals surface area contributed by atoms with E-state index in [-0.39, 0.29) is 10.9 Å². The van der Waals surface area contributed by atoms with Crippen molar-refractivity contribution in [3.05, 3.63) is 65.5 Å². The van der Waals surface area contributed by atoms with Gasteiger partial charge in [0, 0.05) is 23.5 Å². The van der Waals surface area contributed by atoms with Crippen molar-refractivity contribution in [2.75, 3.05) is 24.2 Å². The Morgan fingerprint density at radius 2 is 1.88 bits per heavy atom. The van der Waals surface area contributed by atoms with E-state index in [1.807, 2.05) is 12.1 Å². The van der Waals surface area contributed by atoms with Crippen molar-refractivity contribution in [3.63, 3.8) is 0 Å². The summed E-state index contributed by atoms with van der Waals surface area (Å²) in [6, 6.07) is 14.0. The van der Waals surface area contributed by atoms with Gasteiger partial charge >= 0.3 is 6.01 Å². The summed E-state index contributed by atoms with van der Waals surface area (Å²) in [5.74, 6) is 1.30. The first-order valence-electron chi connectivity index (χ1n) is 11.3. The summed E-state index contributed by atoms with van der Waals surface area (Å²) in [6.07, 6.45) is 2.35. The number of hydrogen-bond acceptors (Lipinski definition) is 7. The highest BCUT2D eigenvalue weighted by Crippen LogP contribution is 2.24. The van der Waals surface area contributed by atoms with E-state index in [1.54, 1.807) is 11.8 Å². The number of sulfonamides is 1. The number of rotatable bonds is 8. The van der Waals surface area contributed by atoms with Crippen LogP contribution < -0.4 is 5.32 Å². The van der Waals surface area contributed by atoms with Gasteiger partial charge in [0.05, 0.1) is 11.3 Å². The van der Waals surface area contributed by atoms with Crippen LogP contribution in [0.1, 0.15) is 48.5 Å². The number of carbonyl (C=O) groups excluding carboxylic acids is 1. The quantitative estimate of drug-likeness (QED) is 0.456. The average Bonchev–Trinajstić information content (AvgIpc) is 3.27. The number of aromatic nitrogens is 2. The largest absolute Gasteiger partial charge is 0.407 e. The molecule has 34 heavy (non-hydrogen) atoms. The van der Waals surface area contributed by atoms with Crippen LogP contribution in [0.4, 0.5) is 6.01 Å². The van der Waals surface area contributed by atoms with E-state index in [0.717, 1.165) is 24.2 Å². The van der Waals surface area contributed by atoms with Crippen LogP contribution in [0.25, 0.3) is 0 Å². The minimum atomic E-state index is -3.57. The zero-order chi connectivity index (χ0) is 24.1. The van der Waals surface area contributed by atoms with E-state index < -0.39 is 15.9 Å². The average molecular weight is 501 g/mol. The maximum atomic E-state index is 12.9. The van der Waals surface area contributed by atoms with Crippen LogP contribution in [-0.2, 0) is 16.4 Å². The van der Waals surface area contributed by atoms with Gasteiger partial charge in [-0.2, -0.15) is 4.31 Å². The molecular weight excluding hydrogens is 472 g/mol. The van der Waals surface area contributed by atoms with Gasteiger partial charge in [0.15, 0.2) is 0 Å². The molecule has 8 nitrogen and oxygen atoms in total. The van der Waals surface area contributed by atoms with Crippen molar-refractivity contribution in [2.24, 2.45) is 5.92 Å². The molecule has 1 aliphatic heterocycles. The van der Waals surface area contributed by atoms with Crippen LogP contribution >= 0.6 is 11.8 Å². The van der Waals surface area contributed by atoms with Crippen LogP contribution in [0.15, 0.2) is 62.7 Å². The number of nitrogens with zero attached hydrogens (tertiary/aromatic N) is 3. The molecule has 1 atom stereocenters. The minimum Gasteiger partial charge on any atom is -0.407 e. The molecule has 0 aliphatic carbocycles. The van der Waals surface area contributed by atoms with Crippen molar-refractivity contribution < 1.29 is 17.6 Å². The van der Waals surface area contributed by atoms with Crippen molar-refractivity contribution in [1.82, 2.24) is 14.5 Å². The van der Waals surface area contributed by atoms with Crippen molar-refractivity contribution >= 4 is 33.7 Å². The summed E-state index contributed by atoms with van der Waals surface area (Å²) < 4.78 is 32.9. The molecule has 1 amide bonds. The van der Waals surface area contributed by atoms with Crippen LogP contribution in [0.5, 0.6) is 0 Å². The molecule has 0 saturated carbocycles. The Morgan fingerprint density at radius 1 is 1.15 bits per heavy atom. The van der Waals surface area contributed by atoms with E-state index in [2.05, 4.69) is 41.5 Å². The molecule has 0 spiro atoms. The van der Waals surface area contributed by atoms with Crippen LogP contribution in [0.3, 0.4) is 0 Å². The van der Waals surface area contributed by atoms with E-state index >= 15 is 0 Å². The zero-order valence-electron chi connectivity index (χ0n) is 19.2. The van der Waals surface area contributed by atoms with E-state index in [9.17, 15) is 13.2 Å². The van der Waals surface area contributed by atoms with Crippen molar-refractivity contribution in [1.29, 1.82) is 0 Å². The second kappa shape index (κ2) is 10.7. The number of carbonyl (C=O) groups is 1. The molecule has 0 radical (unpaired) electrons. The predicted molar refractivity (Wildman–Crippen MR) is 131 cm³/mol. The highest BCUT2D eigenvalue weighted by molar-refractivity contribution is 7.99. The van der Waals surface area contributed by atoms with Crippen LogP contribution in [0, 0.1) is 5.92 Å². The molecule has 0 bridgehead atoms. The third kappa shape index (κ3) is 5.86. The second-order valence-corrected chi connectivity index (χ2v) is 11.6. The lowest BCUT2D eigenvalue weighted by Crippen LogP contribution is -2.39. The standard InChI is InChI=1S/C24H28N4O4S2/c1-3-33-20-10-6-18(7-11-20)15-22-26-27-24(32-22)25-23(29)19-8-12-21(13-9-19)34(30,31)28-14-4-5-17(2)16-28/h6-13,17H,3-5,14-16H2,1-2H3,(H,25,27,29). The Morgan fingerprint density at radius 3 is 2.56 bits per heavy atom. The Kier molecular flexibility index (Phi) is 7.70. The molecule has 2 heterocycles. The Bertz CT molecular complexity index is 1220. The van der Waals surface area contributed by atoms with Gasteiger partial charge in [0.1, 0.15) is 0 Å². The molecule has 10 heteroatoms. The van der Waals surface area contributed by atoms with Gasteiger partial charge in [0.25, 0.3) is 5.91 Å². The first kappa shape index (κ1) is 24.4. The first-order valence-corrected chi connectivity index (χ1v) is 13.7. The van der Waals surface area contributed by atoms with E-state index in [0.29, 0.717) is 36.9 Å². The number of amides is 1. The highest BCUT2D eigenvalue weighted by atomic mass is 32.2. The van der Waals surface area contributed by atoms with Gasteiger partial charge < -0.3 is 4.42 Å². The third-order valence-corrected chi connectivity index (χ3v) is 8.42. The van der Waals surface area contributed by atoms with Gasteiger partial charge in [0.2, 0.25) is 15.9 Å². The summed E-state index contributed by atoms with van der Waals surface area (Å²) in [5, 5.41) is 10.5. The lowest BCUT2D eigenvalue weighted by atomic mass is 10.0. The third-order valence-electron chi connectivity index (χ3n) is 5.65. The fourth-order valence-corrected chi connectivity index (χ4v) is 6.14. The summed E-state index contributed by atoms with van der Waals surface area (Å²) in [7, 11) is -3.57. The first-order chi connectivity index (χ1) is 16.3. The summed E-state index contributed by atoms with van der Waals surface area (Å²) in [5.41, 5.74) is 1.33. The van der Waals surface area contributed by atoms with Crippen LogP contribution in [0.2, 0.25) is 0 Å². The minimum absolute atomic E-state index is 0.00263. The summed E-state index contributed by atoms with van der Waals surface area (Å²) in [6.45, 7) is 5.21. The lowest BCUT2D eigenvalue weighted by Gasteiger charge is -2.30. The summed E-state index contributed by atoms with van der Waals surface area (Å²) in [4.78, 5) is 14.0. The fraction of sp³-hybridized carbons (Fsp3) is 0.375. The summed E-state index contributed by atoms with van der Waals surface area (Å²) >= 11 is 1.77. The molecular formula is C24H28N4O4S2. The topological polar surface area (TPSA) is 105 Å². The number of piperidine rings is 1. The maximum Gasteiger partial charge on any atom is 0.322 e. The molecule has 180 valence electrons. The molecule has 1 aromatic heterocycles. The lowest BCUT2D eigenvalue weighted by molar-refractivity contribution is 0.102. The zero-order valence-corrected chi connectivity index (χ0v) is 20.9. The highest BCUT2D eigenvalue weighted by Gasteiger charge is 2.28. The molecule has 1 unspecified atom stereocenters. The fourth-order valence-electron chi connectivity index (χ4n) is 3.88. The Hall–Kier alpha value is -2.69. The SMILES string of the molecule is CCSc1ccc(Cc2nnc(NC(=O)c3ccc(S(=O)(=O)N4CCCC(C)C4)cc3)o2)cc1. The monoisotopic (exact) mass is 500 g/mol. The Balaban J connectivity index is 1.37. The van der Waals surface area contributed by atoms with Gasteiger partial charge in [-0.05, 0) is 66.5 Å². The van der Waals surface area contributed by atoms with Gasteiger partial charge in [-0.3, -0.25) is 10.1 Å². The molecule has 1 N–H and O–H groups in total. The Labute approximate surface area is 204 Å². The predicted octanol–water partition coefficient (Wildman–Crippen LogP) is 4.45. The smallest absolute Gasteiger partial charge is 0.322 e. The molecule has 3 aromatic rings. The number of anilines is 1. The van der Waals surface area contributed by atoms with Gasteiger partial charge in [-0.25, -0.2) is 8.42 Å². The normalized spacial score (nSPS) is 16.9. The van der Waals surface area contributed by atoms with E-state index in [1.165, 1.54) is 33.5 Å². The van der Waals surface area contributed by atoms with Gasteiger partial charge in [-0.15, -0.1) is 16.9 Å². The van der Waals surface area contributed by atoms with E-state index in [4.69, 9.17) is 4.42 Å². The van der Waals surface area contributed by atoms with Gasteiger partial charge in [-0.1, -0.05) is 31.1 Å². The number of nitrogens with one attached hydrogen (secondary N) is 1. The second-order valence-electron chi connectivity index (χ2n) is 8.34. The molecule has 4 rings (SSSR count). The molecule has 1 fully saturated rings.